The molecule has 3 heterocycles. The molecule has 1 aromatic rings. The van der Waals surface area contributed by atoms with Gasteiger partial charge in [0.05, 0.1) is 6.04 Å². The molecular weight excluding hydrogens is 218 g/mol. The van der Waals surface area contributed by atoms with Crippen LogP contribution >= 0.6 is 11.8 Å². The van der Waals surface area contributed by atoms with Crippen LogP contribution in [0.1, 0.15) is 43.2 Å². The summed E-state index contributed by atoms with van der Waals surface area (Å²) < 4.78 is 2.46. The Bertz CT molecular complexity index is 368. The lowest BCUT2D eigenvalue weighted by Gasteiger charge is -2.27. The Hall–Kier alpha value is -0.480. The summed E-state index contributed by atoms with van der Waals surface area (Å²) in [6.07, 6.45) is 4.72. The lowest BCUT2D eigenvalue weighted by atomic mass is 9.98. The third-order valence-corrected chi connectivity index (χ3v) is 4.74. The highest BCUT2D eigenvalue weighted by atomic mass is 32.2. The molecule has 0 bridgehead atoms. The molecular formula is C12H19N3S. The fourth-order valence-electron chi connectivity index (χ4n) is 2.75. The molecule has 3 rings (SSSR count). The Morgan fingerprint density at radius 2 is 2.50 bits per heavy atom. The van der Waals surface area contributed by atoms with Crippen LogP contribution in [0.5, 0.6) is 0 Å². The van der Waals surface area contributed by atoms with Gasteiger partial charge in [-0.15, -0.1) is 0 Å². The summed E-state index contributed by atoms with van der Waals surface area (Å²) in [5, 5.41) is 3.58. The smallest absolute Gasteiger partial charge is 0.126 e. The van der Waals surface area contributed by atoms with E-state index in [4.69, 9.17) is 0 Å². The van der Waals surface area contributed by atoms with Crippen molar-refractivity contribution in [2.75, 3.05) is 18.1 Å². The van der Waals surface area contributed by atoms with Crippen molar-refractivity contribution in [1.82, 2.24) is 14.9 Å². The Labute approximate surface area is 101 Å². The standard InChI is InChI=1S/C12H19N3S/c1-9-3-2-5-15-11(9)7-14-12(15)10-8-16-6-4-13-10/h7,9-10,13H,2-6,8H2,1H3. The second-order valence-corrected chi connectivity index (χ2v) is 5.97. The van der Waals surface area contributed by atoms with Crippen LogP contribution in [-0.4, -0.2) is 27.6 Å². The van der Waals surface area contributed by atoms with Crippen molar-refractivity contribution in [2.45, 2.75) is 38.3 Å². The number of hydrogen-bond acceptors (Lipinski definition) is 3. The summed E-state index contributed by atoms with van der Waals surface area (Å²) >= 11 is 2.04. The predicted octanol–water partition coefficient (Wildman–Crippen LogP) is 2.16. The topological polar surface area (TPSA) is 29.9 Å². The lowest BCUT2D eigenvalue weighted by Crippen LogP contribution is -2.33. The molecule has 2 aliphatic rings. The quantitative estimate of drug-likeness (QED) is 0.812. The van der Waals surface area contributed by atoms with Crippen LogP contribution in [-0.2, 0) is 6.54 Å². The molecule has 4 heteroatoms. The van der Waals surface area contributed by atoms with E-state index in [1.165, 1.54) is 35.9 Å². The van der Waals surface area contributed by atoms with Crippen LogP contribution in [0, 0.1) is 0 Å². The van der Waals surface area contributed by atoms with Crippen LogP contribution in [0.3, 0.4) is 0 Å². The minimum Gasteiger partial charge on any atom is -0.330 e. The number of aromatic nitrogens is 2. The molecule has 2 unspecified atom stereocenters. The van der Waals surface area contributed by atoms with Crippen molar-refractivity contribution in [2.24, 2.45) is 0 Å². The van der Waals surface area contributed by atoms with Gasteiger partial charge in [-0.05, 0) is 18.8 Å². The van der Waals surface area contributed by atoms with Crippen LogP contribution in [0.15, 0.2) is 6.20 Å². The molecule has 0 spiro atoms. The van der Waals surface area contributed by atoms with E-state index in [2.05, 4.69) is 28.0 Å². The van der Waals surface area contributed by atoms with Crippen molar-refractivity contribution in [3.8, 4) is 0 Å². The average molecular weight is 237 g/mol. The third kappa shape index (κ3) is 1.78. The number of fused-ring (bicyclic) bond motifs is 1. The molecule has 1 saturated heterocycles. The molecule has 0 aromatic carbocycles. The van der Waals surface area contributed by atoms with Gasteiger partial charge in [0.1, 0.15) is 5.82 Å². The van der Waals surface area contributed by atoms with E-state index in [-0.39, 0.29) is 0 Å². The van der Waals surface area contributed by atoms with Crippen molar-refractivity contribution in [3.05, 3.63) is 17.7 Å². The van der Waals surface area contributed by atoms with Gasteiger partial charge in [0.15, 0.2) is 0 Å². The molecule has 0 radical (unpaired) electrons. The Kier molecular flexibility index (Phi) is 2.94. The number of nitrogens with one attached hydrogen (secondary N) is 1. The first-order chi connectivity index (χ1) is 7.86. The monoisotopic (exact) mass is 237 g/mol. The average Bonchev–Trinajstić information content (AvgIpc) is 2.75. The fraction of sp³-hybridized carbons (Fsp3) is 0.750. The molecule has 1 N–H and O–H groups in total. The van der Waals surface area contributed by atoms with Gasteiger partial charge in [-0.25, -0.2) is 4.98 Å². The second-order valence-electron chi connectivity index (χ2n) is 4.82. The van der Waals surface area contributed by atoms with E-state index < -0.39 is 0 Å². The molecule has 0 saturated carbocycles. The van der Waals surface area contributed by atoms with Crippen LogP contribution in [0.25, 0.3) is 0 Å². The van der Waals surface area contributed by atoms with Crippen LogP contribution in [0.2, 0.25) is 0 Å². The second kappa shape index (κ2) is 4.41. The van der Waals surface area contributed by atoms with E-state index in [0.717, 1.165) is 13.1 Å². The highest BCUT2D eigenvalue weighted by Crippen LogP contribution is 2.30. The highest BCUT2D eigenvalue weighted by Gasteiger charge is 2.25. The lowest BCUT2D eigenvalue weighted by molar-refractivity contribution is 0.440. The molecule has 1 fully saturated rings. The summed E-state index contributed by atoms with van der Waals surface area (Å²) in [5.41, 5.74) is 1.44. The minimum absolute atomic E-state index is 0.470. The minimum atomic E-state index is 0.470. The van der Waals surface area contributed by atoms with Gasteiger partial charge in [0.2, 0.25) is 0 Å². The predicted molar refractivity (Wildman–Crippen MR) is 67.9 cm³/mol. The first-order valence-electron chi connectivity index (χ1n) is 6.22. The van der Waals surface area contributed by atoms with Crippen LogP contribution in [0.4, 0.5) is 0 Å². The Morgan fingerprint density at radius 1 is 1.56 bits per heavy atom. The molecule has 3 nitrogen and oxygen atoms in total. The number of rotatable bonds is 1. The highest BCUT2D eigenvalue weighted by molar-refractivity contribution is 7.99. The SMILES string of the molecule is CC1CCCn2c1cnc2C1CSCCN1. The molecule has 2 aliphatic heterocycles. The van der Waals surface area contributed by atoms with E-state index in [9.17, 15) is 0 Å². The molecule has 0 aliphatic carbocycles. The Balaban J connectivity index is 1.89. The zero-order valence-corrected chi connectivity index (χ0v) is 10.6. The van der Waals surface area contributed by atoms with Crippen molar-refractivity contribution in [1.29, 1.82) is 0 Å². The molecule has 1 aromatic heterocycles. The molecule has 88 valence electrons. The first-order valence-corrected chi connectivity index (χ1v) is 7.38. The van der Waals surface area contributed by atoms with E-state index in [1.54, 1.807) is 0 Å². The van der Waals surface area contributed by atoms with Crippen molar-refractivity contribution in [3.63, 3.8) is 0 Å². The largest absolute Gasteiger partial charge is 0.330 e. The first kappa shape index (κ1) is 10.7. The zero-order chi connectivity index (χ0) is 11.0. The van der Waals surface area contributed by atoms with Gasteiger partial charge >= 0.3 is 0 Å². The maximum atomic E-state index is 4.66. The zero-order valence-electron chi connectivity index (χ0n) is 9.78. The van der Waals surface area contributed by atoms with Crippen molar-refractivity contribution < 1.29 is 0 Å². The summed E-state index contributed by atoms with van der Waals surface area (Å²) in [7, 11) is 0. The molecule has 16 heavy (non-hydrogen) atoms. The third-order valence-electron chi connectivity index (χ3n) is 3.67. The summed E-state index contributed by atoms with van der Waals surface area (Å²) in [4.78, 5) is 4.66. The van der Waals surface area contributed by atoms with E-state index in [0.29, 0.717) is 12.0 Å². The number of thioether (sulfide) groups is 1. The van der Waals surface area contributed by atoms with E-state index in [1.807, 2.05) is 11.8 Å². The maximum Gasteiger partial charge on any atom is 0.126 e. The number of nitrogens with zero attached hydrogens (tertiary/aromatic N) is 2. The van der Waals surface area contributed by atoms with Gasteiger partial charge in [-0.2, -0.15) is 11.8 Å². The molecule has 0 amide bonds. The van der Waals surface area contributed by atoms with Crippen molar-refractivity contribution >= 4 is 11.8 Å². The summed E-state index contributed by atoms with van der Waals surface area (Å²) in [6, 6.07) is 0.470. The van der Waals surface area contributed by atoms with Gasteiger partial charge in [-0.1, -0.05) is 6.92 Å². The Morgan fingerprint density at radius 3 is 3.31 bits per heavy atom. The van der Waals surface area contributed by atoms with Gasteiger partial charge < -0.3 is 9.88 Å². The van der Waals surface area contributed by atoms with Gasteiger partial charge in [0.25, 0.3) is 0 Å². The number of hydrogen-bond donors (Lipinski definition) is 1. The summed E-state index contributed by atoms with van der Waals surface area (Å²) in [5.74, 6) is 4.37. The molecule has 2 atom stereocenters. The maximum absolute atomic E-state index is 4.66. The van der Waals surface area contributed by atoms with E-state index >= 15 is 0 Å². The normalized spacial score (nSPS) is 30.1. The fourth-order valence-corrected chi connectivity index (χ4v) is 3.69. The van der Waals surface area contributed by atoms with Crippen LogP contribution < -0.4 is 5.32 Å². The number of imidazole rings is 1. The summed E-state index contributed by atoms with van der Waals surface area (Å²) in [6.45, 7) is 4.60. The van der Waals surface area contributed by atoms with Gasteiger partial charge in [-0.3, -0.25) is 0 Å². The van der Waals surface area contributed by atoms with Gasteiger partial charge in [0, 0.05) is 36.5 Å².